The summed E-state index contributed by atoms with van der Waals surface area (Å²) in [4.78, 5) is 28.1. The zero-order valence-corrected chi connectivity index (χ0v) is 11.3. The summed E-state index contributed by atoms with van der Waals surface area (Å²) in [5.41, 5.74) is 0.133. The van der Waals surface area contributed by atoms with Crippen LogP contribution in [0.4, 0.5) is 0 Å². The van der Waals surface area contributed by atoms with Crippen LogP contribution in [0, 0.1) is 0 Å². The van der Waals surface area contributed by atoms with Gasteiger partial charge in [-0.1, -0.05) is 17.8 Å². The predicted molar refractivity (Wildman–Crippen MR) is 72.1 cm³/mol. The number of nitrogens with zero attached hydrogens (tertiary/aromatic N) is 4. The summed E-state index contributed by atoms with van der Waals surface area (Å²) in [7, 11) is 4.88. The van der Waals surface area contributed by atoms with Gasteiger partial charge in [0.05, 0.1) is 0 Å². The van der Waals surface area contributed by atoms with Gasteiger partial charge in [0.2, 0.25) is 0 Å². The van der Waals surface area contributed by atoms with Gasteiger partial charge in [-0.2, -0.15) is 0 Å². The molecule has 6 nitrogen and oxygen atoms in total. The summed E-state index contributed by atoms with van der Waals surface area (Å²) in [5, 5.41) is 0.697. The summed E-state index contributed by atoms with van der Waals surface area (Å²) < 4.78 is 4.26. The second-order valence-corrected chi connectivity index (χ2v) is 4.92. The molecule has 0 N–H and O–H groups in total. The van der Waals surface area contributed by atoms with Gasteiger partial charge < -0.3 is 4.57 Å². The van der Waals surface area contributed by atoms with Crippen molar-refractivity contribution in [1.82, 2.24) is 18.7 Å². The minimum absolute atomic E-state index is 0.314. The Kier molecular flexibility index (Phi) is 3.16. The molecule has 0 radical (unpaired) electrons. The minimum atomic E-state index is -0.367. The van der Waals surface area contributed by atoms with Crippen molar-refractivity contribution >= 4 is 22.9 Å². The lowest BCUT2D eigenvalue weighted by atomic mass is 10.5. The van der Waals surface area contributed by atoms with Gasteiger partial charge in [0, 0.05) is 26.9 Å². The molecule has 0 bridgehead atoms. The van der Waals surface area contributed by atoms with E-state index in [-0.39, 0.29) is 11.2 Å². The van der Waals surface area contributed by atoms with E-state index in [9.17, 15) is 9.59 Å². The smallest absolute Gasteiger partial charge is 0.308 e. The van der Waals surface area contributed by atoms with Gasteiger partial charge in [0.15, 0.2) is 16.3 Å². The lowest BCUT2D eigenvalue weighted by Gasteiger charge is -2.05. The van der Waals surface area contributed by atoms with E-state index in [1.807, 2.05) is 0 Å². The molecule has 2 rings (SSSR count). The number of imidazole rings is 1. The van der Waals surface area contributed by atoms with Crippen LogP contribution in [0.1, 0.15) is 0 Å². The minimum Gasteiger partial charge on any atom is -0.308 e. The van der Waals surface area contributed by atoms with Gasteiger partial charge in [0.25, 0.3) is 5.56 Å². The zero-order valence-electron chi connectivity index (χ0n) is 10.5. The van der Waals surface area contributed by atoms with E-state index in [4.69, 9.17) is 0 Å². The quantitative estimate of drug-likeness (QED) is 0.590. The molecule has 2 aromatic rings. The van der Waals surface area contributed by atoms with Crippen molar-refractivity contribution in [3.63, 3.8) is 0 Å². The number of fused-ring (bicyclic) bond motifs is 1. The fourth-order valence-electron chi connectivity index (χ4n) is 1.82. The maximum Gasteiger partial charge on any atom is 0.332 e. The van der Waals surface area contributed by atoms with Crippen LogP contribution in [0.5, 0.6) is 0 Å². The highest BCUT2D eigenvalue weighted by Crippen LogP contribution is 2.19. The van der Waals surface area contributed by atoms with Crippen LogP contribution in [-0.2, 0) is 21.1 Å². The van der Waals surface area contributed by atoms with Gasteiger partial charge in [-0.05, 0) is 0 Å². The van der Waals surface area contributed by atoms with Crippen molar-refractivity contribution in [3.05, 3.63) is 33.5 Å². The van der Waals surface area contributed by atoms with Crippen LogP contribution < -0.4 is 11.2 Å². The molecule has 2 aromatic heterocycles. The lowest BCUT2D eigenvalue weighted by molar-refractivity contribution is 0.690. The molecule has 0 saturated heterocycles. The zero-order chi connectivity index (χ0) is 13.4. The molecule has 0 atom stereocenters. The second-order valence-electron chi connectivity index (χ2n) is 3.93. The third kappa shape index (κ3) is 1.71. The van der Waals surface area contributed by atoms with E-state index in [2.05, 4.69) is 11.6 Å². The van der Waals surface area contributed by atoms with E-state index in [0.29, 0.717) is 22.1 Å². The number of rotatable bonds is 3. The molecule has 0 aliphatic heterocycles. The first-order valence-corrected chi connectivity index (χ1v) is 6.33. The number of thioether (sulfide) groups is 1. The molecule has 96 valence electrons. The van der Waals surface area contributed by atoms with Crippen molar-refractivity contribution in [2.24, 2.45) is 21.1 Å². The Bertz CT molecular complexity index is 738. The Morgan fingerprint density at radius 2 is 1.89 bits per heavy atom. The van der Waals surface area contributed by atoms with Gasteiger partial charge in [-0.15, -0.1) is 6.58 Å². The summed E-state index contributed by atoms with van der Waals surface area (Å²) >= 11 is 1.47. The Balaban J connectivity index is 2.84. The monoisotopic (exact) mass is 266 g/mol. The fourth-order valence-corrected chi connectivity index (χ4v) is 2.52. The highest BCUT2D eigenvalue weighted by atomic mass is 32.2. The number of aryl methyl sites for hydroxylation is 2. The number of aromatic nitrogens is 4. The van der Waals surface area contributed by atoms with E-state index >= 15 is 0 Å². The molecule has 18 heavy (non-hydrogen) atoms. The van der Waals surface area contributed by atoms with Crippen LogP contribution in [-0.4, -0.2) is 24.4 Å². The highest BCUT2D eigenvalue weighted by molar-refractivity contribution is 7.99. The van der Waals surface area contributed by atoms with Gasteiger partial charge in [-0.25, -0.2) is 9.78 Å². The standard InChI is InChI=1S/C11H14N4O2S/c1-5-6-18-10-12-7-8(13(10)2)14(3)11(17)15(4)9(7)16/h5H,1,6H2,2-4H3. The fraction of sp³-hybridized carbons (Fsp3) is 0.364. The predicted octanol–water partition coefficient (Wildman–Crippen LogP) is 0.249. The molecular weight excluding hydrogens is 252 g/mol. The highest BCUT2D eigenvalue weighted by Gasteiger charge is 2.16. The second kappa shape index (κ2) is 4.49. The molecule has 7 heteroatoms. The molecule has 0 aliphatic rings. The SMILES string of the molecule is C=CCSc1nc2c(=O)n(C)c(=O)n(C)c2n1C. The van der Waals surface area contributed by atoms with Gasteiger partial charge in [-0.3, -0.25) is 13.9 Å². The molecule has 0 saturated carbocycles. The van der Waals surface area contributed by atoms with E-state index < -0.39 is 0 Å². The Morgan fingerprint density at radius 3 is 2.50 bits per heavy atom. The first kappa shape index (κ1) is 12.7. The van der Waals surface area contributed by atoms with Crippen molar-refractivity contribution < 1.29 is 0 Å². The van der Waals surface area contributed by atoms with Crippen LogP contribution >= 0.6 is 11.8 Å². The van der Waals surface area contributed by atoms with E-state index in [1.165, 1.54) is 23.4 Å². The normalized spacial score (nSPS) is 11.1. The van der Waals surface area contributed by atoms with Crippen molar-refractivity contribution in [2.45, 2.75) is 5.16 Å². The van der Waals surface area contributed by atoms with Crippen LogP contribution in [0.3, 0.4) is 0 Å². The van der Waals surface area contributed by atoms with Crippen molar-refractivity contribution in [1.29, 1.82) is 0 Å². The number of hydrogen-bond acceptors (Lipinski definition) is 4. The molecule has 0 unspecified atom stereocenters. The van der Waals surface area contributed by atoms with E-state index in [0.717, 1.165) is 4.57 Å². The first-order valence-electron chi connectivity index (χ1n) is 5.35. The average Bonchev–Trinajstić information content (AvgIpc) is 2.69. The Hall–Kier alpha value is -1.76. The first-order chi connectivity index (χ1) is 8.49. The maximum atomic E-state index is 12.0. The molecule has 0 amide bonds. The molecule has 0 aliphatic carbocycles. The van der Waals surface area contributed by atoms with Crippen LogP contribution in [0.15, 0.2) is 27.4 Å². The van der Waals surface area contributed by atoms with Gasteiger partial charge in [0.1, 0.15) is 0 Å². The summed E-state index contributed by atoms with van der Waals surface area (Å²) in [5.74, 6) is 0.700. The Morgan fingerprint density at radius 1 is 1.22 bits per heavy atom. The topological polar surface area (TPSA) is 61.8 Å². The lowest BCUT2D eigenvalue weighted by Crippen LogP contribution is -2.37. The van der Waals surface area contributed by atoms with Gasteiger partial charge >= 0.3 is 5.69 Å². The molecule has 0 spiro atoms. The third-order valence-electron chi connectivity index (χ3n) is 2.75. The molecule has 0 fully saturated rings. The summed E-state index contributed by atoms with van der Waals surface area (Å²) in [6.07, 6.45) is 1.77. The third-order valence-corrected chi connectivity index (χ3v) is 3.78. The molecular formula is C11H14N4O2S. The average molecular weight is 266 g/mol. The maximum absolute atomic E-state index is 12.0. The largest absolute Gasteiger partial charge is 0.332 e. The van der Waals surface area contributed by atoms with Crippen molar-refractivity contribution in [3.8, 4) is 0 Å². The summed E-state index contributed by atoms with van der Waals surface area (Å²) in [6, 6.07) is 0. The van der Waals surface area contributed by atoms with Crippen LogP contribution in [0.25, 0.3) is 11.2 Å². The van der Waals surface area contributed by atoms with Crippen LogP contribution in [0.2, 0.25) is 0 Å². The molecule has 2 heterocycles. The number of hydrogen-bond donors (Lipinski definition) is 0. The van der Waals surface area contributed by atoms with E-state index in [1.54, 1.807) is 24.7 Å². The Labute approximate surface area is 108 Å². The molecule has 0 aromatic carbocycles. The summed E-state index contributed by atoms with van der Waals surface area (Å²) in [6.45, 7) is 3.64. The van der Waals surface area contributed by atoms with Crippen molar-refractivity contribution in [2.75, 3.05) is 5.75 Å².